The Bertz CT molecular complexity index is 279. The minimum Gasteiger partial charge on any atom is -0.379 e. The van der Waals surface area contributed by atoms with E-state index in [9.17, 15) is 4.79 Å². The number of ether oxygens (including phenoxy) is 1. The molecule has 2 fully saturated rings. The van der Waals surface area contributed by atoms with Gasteiger partial charge in [0, 0.05) is 38.8 Å². The Morgan fingerprint density at radius 2 is 1.94 bits per heavy atom. The number of carbonyl (C=O) groups excluding carboxylic acids is 1. The SMILES string of the molecule is CC(C)N1CCN(C(=O)C2(N)CCOC2)CC1. The van der Waals surface area contributed by atoms with E-state index < -0.39 is 5.54 Å². The van der Waals surface area contributed by atoms with Gasteiger partial charge in [0.15, 0.2) is 0 Å². The summed E-state index contributed by atoms with van der Waals surface area (Å²) in [7, 11) is 0. The molecule has 2 aliphatic heterocycles. The molecule has 2 N–H and O–H groups in total. The number of piperazine rings is 1. The second-order valence-corrected chi connectivity index (χ2v) is 5.38. The molecule has 2 aliphatic rings. The molecule has 98 valence electrons. The molecule has 0 aromatic carbocycles. The van der Waals surface area contributed by atoms with Crippen LogP contribution in [0.4, 0.5) is 0 Å². The monoisotopic (exact) mass is 241 g/mol. The highest BCUT2D eigenvalue weighted by Gasteiger charge is 2.41. The van der Waals surface area contributed by atoms with E-state index in [4.69, 9.17) is 10.5 Å². The Hall–Kier alpha value is -0.650. The molecule has 5 heteroatoms. The second-order valence-electron chi connectivity index (χ2n) is 5.38. The highest BCUT2D eigenvalue weighted by atomic mass is 16.5. The molecule has 1 amide bonds. The third kappa shape index (κ3) is 2.61. The van der Waals surface area contributed by atoms with Crippen molar-refractivity contribution in [1.82, 2.24) is 9.80 Å². The number of hydrogen-bond donors (Lipinski definition) is 1. The molecule has 0 aromatic heterocycles. The summed E-state index contributed by atoms with van der Waals surface area (Å²) in [6.07, 6.45) is 0.649. The number of rotatable bonds is 2. The van der Waals surface area contributed by atoms with Crippen molar-refractivity contribution < 1.29 is 9.53 Å². The summed E-state index contributed by atoms with van der Waals surface area (Å²) < 4.78 is 5.25. The molecular weight excluding hydrogens is 218 g/mol. The maximum Gasteiger partial charge on any atom is 0.245 e. The van der Waals surface area contributed by atoms with E-state index in [-0.39, 0.29) is 5.91 Å². The maximum atomic E-state index is 12.3. The van der Waals surface area contributed by atoms with E-state index in [2.05, 4.69) is 18.7 Å². The fourth-order valence-corrected chi connectivity index (χ4v) is 2.51. The van der Waals surface area contributed by atoms with Gasteiger partial charge >= 0.3 is 0 Å². The van der Waals surface area contributed by atoms with Crippen molar-refractivity contribution in [2.75, 3.05) is 39.4 Å². The van der Waals surface area contributed by atoms with Crippen LogP contribution in [0.1, 0.15) is 20.3 Å². The van der Waals surface area contributed by atoms with Crippen LogP contribution < -0.4 is 5.73 Å². The van der Waals surface area contributed by atoms with E-state index in [0.29, 0.717) is 25.7 Å². The molecule has 0 spiro atoms. The summed E-state index contributed by atoms with van der Waals surface area (Å²) in [6.45, 7) is 8.82. The van der Waals surface area contributed by atoms with Crippen molar-refractivity contribution in [2.24, 2.45) is 5.73 Å². The minimum absolute atomic E-state index is 0.0680. The molecule has 0 aromatic rings. The Balaban J connectivity index is 1.90. The largest absolute Gasteiger partial charge is 0.379 e. The smallest absolute Gasteiger partial charge is 0.245 e. The lowest BCUT2D eigenvalue weighted by atomic mass is 9.98. The fraction of sp³-hybridized carbons (Fsp3) is 0.917. The van der Waals surface area contributed by atoms with Crippen LogP contribution in [0.15, 0.2) is 0 Å². The third-order valence-electron chi connectivity index (χ3n) is 3.81. The van der Waals surface area contributed by atoms with Gasteiger partial charge in [0.1, 0.15) is 5.54 Å². The number of amides is 1. The number of nitrogens with zero attached hydrogens (tertiary/aromatic N) is 2. The molecule has 0 radical (unpaired) electrons. The second kappa shape index (κ2) is 4.92. The summed E-state index contributed by atoms with van der Waals surface area (Å²) in [6, 6.07) is 0.550. The molecule has 1 atom stereocenters. The quantitative estimate of drug-likeness (QED) is 0.718. The predicted molar refractivity (Wildman–Crippen MR) is 65.6 cm³/mol. The van der Waals surface area contributed by atoms with Gasteiger partial charge in [-0.2, -0.15) is 0 Å². The summed E-state index contributed by atoms with van der Waals surface area (Å²) >= 11 is 0. The van der Waals surface area contributed by atoms with Gasteiger partial charge in [-0.3, -0.25) is 9.69 Å². The third-order valence-corrected chi connectivity index (χ3v) is 3.81. The first-order valence-corrected chi connectivity index (χ1v) is 6.43. The van der Waals surface area contributed by atoms with Gasteiger partial charge in [0.05, 0.1) is 6.61 Å². The van der Waals surface area contributed by atoms with Gasteiger partial charge in [-0.05, 0) is 20.3 Å². The van der Waals surface area contributed by atoms with Crippen LogP contribution in [-0.4, -0.2) is 66.7 Å². The van der Waals surface area contributed by atoms with Crippen molar-refractivity contribution >= 4 is 5.91 Å². The molecule has 17 heavy (non-hydrogen) atoms. The van der Waals surface area contributed by atoms with Crippen LogP contribution in [0, 0.1) is 0 Å². The van der Waals surface area contributed by atoms with Crippen LogP contribution in [0.3, 0.4) is 0 Å². The molecule has 2 heterocycles. The molecule has 0 aliphatic carbocycles. The molecule has 2 rings (SSSR count). The summed E-state index contributed by atoms with van der Waals surface area (Å²) in [5.41, 5.74) is 5.33. The zero-order valence-corrected chi connectivity index (χ0v) is 10.8. The first-order chi connectivity index (χ1) is 8.03. The van der Waals surface area contributed by atoms with Crippen molar-refractivity contribution in [1.29, 1.82) is 0 Å². The zero-order chi connectivity index (χ0) is 12.5. The van der Waals surface area contributed by atoms with Crippen LogP contribution in [0.5, 0.6) is 0 Å². The van der Waals surface area contributed by atoms with Crippen LogP contribution in [-0.2, 0) is 9.53 Å². The first kappa shape index (κ1) is 12.8. The van der Waals surface area contributed by atoms with Crippen LogP contribution >= 0.6 is 0 Å². The lowest BCUT2D eigenvalue weighted by Crippen LogP contribution is -2.60. The van der Waals surface area contributed by atoms with Crippen molar-refractivity contribution in [3.8, 4) is 0 Å². The Labute approximate surface area is 103 Å². The fourth-order valence-electron chi connectivity index (χ4n) is 2.51. The average Bonchev–Trinajstić information content (AvgIpc) is 2.76. The van der Waals surface area contributed by atoms with Gasteiger partial charge in [0.25, 0.3) is 0 Å². The zero-order valence-electron chi connectivity index (χ0n) is 10.8. The van der Waals surface area contributed by atoms with Crippen molar-refractivity contribution in [3.63, 3.8) is 0 Å². The standard InChI is InChI=1S/C12H23N3O2/c1-10(2)14-4-6-15(7-5-14)11(16)12(13)3-8-17-9-12/h10H,3-9,13H2,1-2H3. The summed E-state index contributed by atoms with van der Waals surface area (Å²) in [5.74, 6) is 0.0680. The molecule has 5 nitrogen and oxygen atoms in total. The highest BCUT2D eigenvalue weighted by molar-refractivity contribution is 5.86. The van der Waals surface area contributed by atoms with Gasteiger partial charge in [-0.25, -0.2) is 0 Å². The van der Waals surface area contributed by atoms with E-state index in [1.54, 1.807) is 0 Å². The molecular formula is C12H23N3O2. The Morgan fingerprint density at radius 1 is 1.29 bits per heavy atom. The van der Waals surface area contributed by atoms with Crippen molar-refractivity contribution in [3.05, 3.63) is 0 Å². The van der Waals surface area contributed by atoms with Gasteiger partial charge in [0.2, 0.25) is 5.91 Å². The van der Waals surface area contributed by atoms with Crippen molar-refractivity contribution in [2.45, 2.75) is 31.8 Å². The lowest BCUT2D eigenvalue weighted by molar-refractivity contribution is -0.139. The van der Waals surface area contributed by atoms with Gasteiger partial charge < -0.3 is 15.4 Å². The molecule has 2 saturated heterocycles. The van der Waals surface area contributed by atoms with E-state index >= 15 is 0 Å². The van der Waals surface area contributed by atoms with Gasteiger partial charge in [-0.15, -0.1) is 0 Å². The van der Waals surface area contributed by atoms with Crippen LogP contribution in [0.25, 0.3) is 0 Å². The first-order valence-electron chi connectivity index (χ1n) is 6.43. The normalized spacial score (nSPS) is 31.2. The summed E-state index contributed by atoms with van der Waals surface area (Å²) in [5, 5.41) is 0. The Morgan fingerprint density at radius 3 is 2.41 bits per heavy atom. The lowest BCUT2D eigenvalue weighted by Gasteiger charge is -2.39. The predicted octanol–water partition coefficient (Wildman–Crippen LogP) is -0.343. The molecule has 0 saturated carbocycles. The minimum atomic E-state index is -0.764. The molecule has 1 unspecified atom stereocenters. The van der Waals surface area contributed by atoms with Crippen LogP contribution in [0.2, 0.25) is 0 Å². The maximum absolute atomic E-state index is 12.3. The summed E-state index contributed by atoms with van der Waals surface area (Å²) in [4.78, 5) is 16.6. The Kier molecular flexibility index (Phi) is 3.70. The molecule has 0 bridgehead atoms. The van der Waals surface area contributed by atoms with E-state index in [1.807, 2.05) is 4.90 Å². The number of nitrogens with two attached hydrogens (primary N) is 1. The average molecular weight is 241 g/mol. The van der Waals surface area contributed by atoms with E-state index in [0.717, 1.165) is 26.2 Å². The highest BCUT2D eigenvalue weighted by Crippen LogP contribution is 2.19. The van der Waals surface area contributed by atoms with Gasteiger partial charge in [-0.1, -0.05) is 0 Å². The number of hydrogen-bond acceptors (Lipinski definition) is 4. The number of carbonyl (C=O) groups is 1. The topological polar surface area (TPSA) is 58.8 Å². The van der Waals surface area contributed by atoms with E-state index in [1.165, 1.54) is 0 Å².